The van der Waals surface area contributed by atoms with Crippen molar-refractivity contribution in [2.24, 2.45) is 0 Å². The van der Waals surface area contributed by atoms with Gasteiger partial charge in [-0.2, -0.15) is 0 Å². The molecule has 0 aliphatic carbocycles. The molecule has 0 fully saturated rings. The zero-order chi connectivity index (χ0) is 14.4. The molecule has 0 saturated carbocycles. The largest absolute Gasteiger partial charge is 0.385 e. The lowest BCUT2D eigenvalue weighted by Crippen LogP contribution is -2.27. The van der Waals surface area contributed by atoms with E-state index in [1.807, 2.05) is 25.1 Å². The van der Waals surface area contributed by atoms with Crippen molar-refractivity contribution in [1.29, 1.82) is 0 Å². The minimum atomic E-state index is -0.0958. The van der Waals surface area contributed by atoms with Crippen molar-refractivity contribution in [2.75, 3.05) is 18.9 Å². The zero-order valence-electron chi connectivity index (χ0n) is 11.7. The third-order valence-corrected chi connectivity index (χ3v) is 2.88. The summed E-state index contributed by atoms with van der Waals surface area (Å²) in [4.78, 5) is 22.1. The summed E-state index contributed by atoms with van der Waals surface area (Å²) in [5.74, 6) is -0.0958. The normalized spacial score (nSPS) is 10.1. The number of rotatable bonds is 5. The molecule has 2 aromatic heterocycles. The summed E-state index contributed by atoms with van der Waals surface area (Å²) >= 11 is 0. The van der Waals surface area contributed by atoms with Crippen LogP contribution >= 0.6 is 0 Å². The zero-order valence-corrected chi connectivity index (χ0v) is 11.7. The second-order valence-corrected chi connectivity index (χ2v) is 4.48. The lowest BCUT2D eigenvalue weighted by atomic mass is 10.2. The van der Waals surface area contributed by atoms with E-state index in [4.69, 9.17) is 0 Å². The third-order valence-electron chi connectivity index (χ3n) is 2.88. The molecule has 0 bridgehead atoms. The van der Waals surface area contributed by atoms with Gasteiger partial charge in [-0.25, -0.2) is 0 Å². The molecule has 5 nitrogen and oxygen atoms in total. The molecule has 0 radical (unpaired) electrons. The van der Waals surface area contributed by atoms with Gasteiger partial charge in [0, 0.05) is 44.4 Å². The lowest BCUT2D eigenvalue weighted by molar-refractivity contribution is 0.0779. The maximum absolute atomic E-state index is 12.3. The van der Waals surface area contributed by atoms with Crippen molar-refractivity contribution in [3.05, 3.63) is 54.1 Å². The third kappa shape index (κ3) is 3.54. The van der Waals surface area contributed by atoms with Gasteiger partial charge >= 0.3 is 0 Å². The van der Waals surface area contributed by atoms with Crippen LogP contribution in [0.1, 0.15) is 23.0 Å². The first-order valence-electron chi connectivity index (χ1n) is 6.55. The first kappa shape index (κ1) is 14.0. The Morgan fingerprint density at radius 2 is 2.00 bits per heavy atom. The topological polar surface area (TPSA) is 58.1 Å². The summed E-state index contributed by atoms with van der Waals surface area (Å²) < 4.78 is 0. The highest BCUT2D eigenvalue weighted by molar-refractivity contribution is 5.92. The van der Waals surface area contributed by atoms with E-state index < -0.39 is 0 Å². The van der Waals surface area contributed by atoms with Gasteiger partial charge in [-0.05, 0) is 36.8 Å². The van der Waals surface area contributed by atoms with E-state index >= 15 is 0 Å². The molecule has 0 aromatic carbocycles. The van der Waals surface area contributed by atoms with Gasteiger partial charge in [0.05, 0.1) is 0 Å². The first-order chi connectivity index (χ1) is 9.70. The quantitative estimate of drug-likeness (QED) is 0.904. The predicted molar refractivity (Wildman–Crippen MR) is 78.4 cm³/mol. The Bertz CT molecular complexity index is 571. The number of carbonyl (C=O) groups excluding carboxylic acids is 1. The van der Waals surface area contributed by atoms with Gasteiger partial charge in [0.25, 0.3) is 5.91 Å². The van der Waals surface area contributed by atoms with Crippen molar-refractivity contribution >= 4 is 11.6 Å². The van der Waals surface area contributed by atoms with Crippen molar-refractivity contribution in [3.8, 4) is 0 Å². The molecule has 104 valence electrons. The Morgan fingerprint density at radius 3 is 2.70 bits per heavy atom. The van der Waals surface area contributed by atoms with E-state index in [1.54, 1.807) is 36.6 Å². The van der Waals surface area contributed by atoms with Gasteiger partial charge in [0.2, 0.25) is 0 Å². The molecule has 1 N–H and O–H groups in total. The van der Waals surface area contributed by atoms with E-state index in [9.17, 15) is 4.79 Å². The van der Waals surface area contributed by atoms with Crippen LogP contribution in [0.4, 0.5) is 5.69 Å². The van der Waals surface area contributed by atoms with Crippen LogP contribution in [0, 0.1) is 0 Å². The maximum atomic E-state index is 12.3. The van der Waals surface area contributed by atoms with Gasteiger partial charge < -0.3 is 10.2 Å². The fourth-order valence-corrected chi connectivity index (χ4v) is 1.89. The molecular formula is C15H18N4O. The summed E-state index contributed by atoms with van der Waals surface area (Å²) in [5.41, 5.74) is 2.39. The molecule has 0 aliphatic rings. The van der Waals surface area contributed by atoms with Crippen molar-refractivity contribution in [3.63, 3.8) is 0 Å². The van der Waals surface area contributed by atoms with E-state index in [0.717, 1.165) is 17.8 Å². The Labute approximate surface area is 118 Å². The number of hydrogen-bond acceptors (Lipinski definition) is 4. The molecule has 2 aromatic rings. The minimum absolute atomic E-state index is 0.0958. The number of nitrogens with zero attached hydrogens (tertiary/aromatic N) is 3. The van der Waals surface area contributed by atoms with E-state index in [2.05, 4.69) is 15.3 Å². The fraction of sp³-hybridized carbons (Fsp3) is 0.267. The molecule has 0 unspecified atom stereocenters. The summed E-state index contributed by atoms with van der Waals surface area (Å²) in [5, 5.41) is 3.17. The molecule has 20 heavy (non-hydrogen) atoms. The number of anilines is 1. The highest BCUT2D eigenvalue weighted by Gasteiger charge is 2.13. The molecule has 2 heterocycles. The number of aromatic nitrogens is 2. The number of amides is 1. The van der Waals surface area contributed by atoms with Gasteiger partial charge in [0.1, 0.15) is 5.69 Å². The standard InChI is InChI=1S/C15H18N4O/c1-3-17-13-6-9-18-14(10-13)15(20)19(2)11-12-4-7-16-8-5-12/h4-10H,3,11H2,1-2H3,(H,17,18). The van der Waals surface area contributed by atoms with Gasteiger partial charge in [0.15, 0.2) is 0 Å². The second kappa shape index (κ2) is 6.65. The predicted octanol–water partition coefficient (Wildman–Crippen LogP) is 2.18. The van der Waals surface area contributed by atoms with Crippen molar-refractivity contribution in [2.45, 2.75) is 13.5 Å². The van der Waals surface area contributed by atoms with Crippen LogP contribution < -0.4 is 5.32 Å². The van der Waals surface area contributed by atoms with Crippen LogP contribution in [0.2, 0.25) is 0 Å². The Hall–Kier alpha value is -2.43. The molecule has 0 atom stereocenters. The Balaban J connectivity index is 2.08. The number of hydrogen-bond donors (Lipinski definition) is 1. The van der Waals surface area contributed by atoms with Crippen LogP contribution in [0.15, 0.2) is 42.9 Å². The smallest absolute Gasteiger partial charge is 0.272 e. The monoisotopic (exact) mass is 270 g/mol. The van der Waals surface area contributed by atoms with Crippen LogP contribution in [0.3, 0.4) is 0 Å². The highest BCUT2D eigenvalue weighted by Crippen LogP contribution is 2.11. The van der Waals surface area contributed by atoms with E-state index in [1.165, 1.54) is 0 Å². The highest BCUT2D eigenvalue weighted by atomic mass is 16.2. The minimum Gasteiger partial charge on any atom is -0.385 e. The Kier molecular flexibility index (Phi) is 4.65. The Morgan fingerprint density at radius 1 is 1.25 bits per heavy atom. The van der Waals surface area contributed by atoms with Crippen molar-refractivity contribution < 1.29 is 4.79 Å². The van der Waals surface area contributed by atoms with Crippen LogP contribution in [0.5, 0.6) is 0 Å². The fourth-order valence-electron chi connectivity index (χ4n) is 1.89. The average Bonchev–Trinajstić information content (AvgIpc) is 2.48. The van der Waals surface area contributed by atoms with Crippen LogP contribution in [-0.2, 0) is 6.54 Å². The summed E-state index contributed by atoms with van der Waals surface area (Å²) in [6, 6.07) is 7.41. The molecule has 2 rings (SSSR count). The summed E-state index contributed by atoms with van der Waals surface area (Å²) in [6.45, 7) is 3.36. The number of carbonyl (C=O) groups is 1. The number of pyridine rings is 2. The van der Waals surface area contributed by atoms with E-state index in [0.29, 0.717) is 12.2 Å². The van der Waals surface area contributed by atoms with Crippen LogP contribution in [0.25, 0.3) is 0 Å². The summed E-state index contributed by atoms with van der Waals surface area (Å²) in [7, 11) is 1.77. The average molecular weight is 270 g/mol. The molecule has 0 aliphatic heterocycles. The van der Waals surface area contributed by atoms with Crippen LogP contribution in [-0.4, -0.2) is 34.4 Å². The SMILES string of the molecule is CCNc1ccnc(C(=O)N(C)Cc2ccncc2)c1. The maximum Gasteiger partial charge on any atom is 0.272 e. The molecule has 1 amide bonds. The molecular weight excluding hydrogens is 252 g/mol. The molecule has 0 spiro atoms. The van der Waals surface area contributed by atoms with E-state index in [-0.39, 0.29) is 5.91 Å². The molecule has 5 heteroatoms. The lowest BCUT2D eigenvalue weighted by Gasteiger charge is -2.17. The second-order valence-electron chi connectivity index (χ2n) is 4.48. The number of nitrogens with one attached hydrogen (secondary N) is 1. The van der Waals surface area contributed by atoms with Gasteiger partial charge in [-0.3, -0.25) is 14.8 Å². The first-order valence-corrected chi connectivity index (χ1v) is 6.55. The van der Waals surface area contributed by atoms with Crippen molar-refractivity contribution in [1.82, 2.24) is 14.9 Å². The van der Waals surface area contributed by atoms with Gasteiger partial charge in [-0.15, -0.1) is 0 Å². The summed E-state index contributed by atoms with van der Waals surface area (Å²) in [6.07, 6.45) is 5.08. The molecule has 0 saturated heterocycles. The van der Waals surface area contributed by atoms with Gasteiger partial charge in [-0.1, -0.05) is 0 Å².